The summed E-state index contributed by atoms with van der Waals surface area (Å²) in [4.78, 5) is 12.6. The summed E-state index contributed by atoms with van der Waals surface area (Å²) < 4.78 is 15.8. The number of aromatic nitrogens is 1. The van der Waals surface area contributed by atoms with Crippen molar-refractivity contribution >= 4 is 22.5 Å². The molecule has 146 valence electrons. The molecule has 4 aromatic rings. The fraction of sp³-hybridized carbons (Fsp3) is 0.120. The summed E-state index contributed by atoms with van der Waals surface area (Å²) in [6, 6.07) is 22.0. The summed E-state index contributed by atoms with van der Waals surface area (Å²) in [5.41, 5.74) is 5.30. The molecule has 1 aliphatic heterocycles. The van der Waals surface area contributed by atoms with Gasteiger partial charge in [-0.15, -0.1) is 0 Å². The average molecular weight is 395 g/mol. The normalized spacial score (nSPS) is 15.5. The summed E-state index contributed by atoms with van der Waals surface area (Å²) in [6.45, 7) is 0.533. The first-order valence-corrected chi connectivity index (χ1v) is 9.78. The first-order chi connectivity index (χ1) is 14.6. The lowest BCUT2D eigenvalue weighted by molar-refractivity contribution is -0.116. The minimum atomic E-state index is -0.256. The Labute approximate surface area is 173 Å². The Morgan fingerprint density at radius 2 is 1.90 bits per heavy atom. The molecule has 2 heterocycles. The third kappa shape index (κ3) is 3.13. The number of hydrogen-bond donors (Lipinski definition) is 1. The Morgan fingerprint density at radius 1 is 1.10 bits per heavy atom. The van der Waals surface area contributed by atoms with E-state index in [1.165, 1.54) is 6.07 Å². The molecule has 5 heteroatoms. The zero-order valence-electron chi connectivity index (χ0n) is 16.1. The van der Waals surface area contributed by atoms with Crippen molar-refractivity contribution in [3.8, 4) is 6.07 Å². The monoisotopic (exact) mass is 395 g/mol. The molecule has 1 aromatic heterocycles. The molecule has 1 atom stereocenters. The van der Waals surface area contributed by atoms with Crippen LogP contribution in [-0.4, -0.2) is 10.5 Å². The first-order valence-electron chi connectivity index (χ1n) is 9.78. The van der Waals surface area contributed by atoms with Crippen molar-refractivity contribution in [2.24, 2.45) is 0 Å². The maximum atomic E-state index is 13.7. The van der Waals surface area contributed by atoms with E-state index in [2.05, 4.69) is 22.1 Å². The average Bonchev–Trinajstić information content (AvgIpc) is 3.04. The van der Waals surface area contributed by atoms with Crippen molar-refractivity contribution < 1.29 is 9.18 Å². The molecule has 0 saturated heterocycles. The quantitative estimate of drug-likeness (QED) is 0.520. The number of halogens is 1. The van der Waals surface area contributed by atoms with E-state index >= 15 is 0 Å². The Bertz CT molecular complexity index is 1310. The predicted molar refractivity (Wildman–Crippen MR) is 114 cm³/mol. The summed E-state index contributed by atoms with van der Waals surface area (Å²) in [6.07, 6.45) is 2.39. The van der Waals surface area contributed by atoms with E-state index in [1.807, 2.05) is 36.4 Å². The summed E-state index contributed by atoms with van der Waals surface area (Å²) in [5.74, 6) is -0.420. The lowest BCUT2D eigenvalue weighted by Gasteiger charge is -2.14. The van der Waals surface area contributed by atoms with Gasteiger partial charge in [-0.1, -0.05) is 30.3 Å². The molecule has 1 unspecified atom stereocenters. The van der Waals surface area contributed by atoms with Crippen LogP contribution in [0.3, 0.4) is 0 Å². The number of benzene rings is 3. The van der Waals surface area contributed by atoms with Crippen LogP contribution in [0.15, 0.2) is 72.9 Å². The van der Waals surface area contributed by atoms with E-state index in [0.29, 0.717) is 18.5 Å². The van der Waals surface area contributed by atoms with Gasteiger partial charge in [-0.25, -0.2) is 4.39 Å². The molecule has 30 heavy (non-hydrogen) atoms. The fourth-order valence-corrected chi connectivity index (χ4v) is 4.30. The number of nitriles is 1. The second kappa shape index (κ2) is 7.16. The molecule has 0 bridgehead atoms. The molecule has 0 saturated carbocycles. The van der Waals surface area contributed by atoms with Gasteiger partial charge in [0.2, 0.25) is 5.91 Å². The van der Waals surface area contributed by atoms with E-state index in [-0.39, 0.29) is 17.6 Å². The van der Waals surface area contributed by atoms with Gasteiger partial charge in [0.1, 0.15) is 5.82 Å². The van der Waals surface area contributed by atoms with E-state index < -0.39 is 0 Å². The molecule has 5 rings (SSSR count). The summed E-state index contributed by atoms with van der Waals surface area (Å²) in [5, 5.41) is 13.1. The number of rotatable bonds is 3. The molecule has 0 fully saturated rings. The zero-order chi connectivity index (χ0) is 20.7. The lowest BCUT2D eigenvalue weighted by atomic mass is 9.88. The standard InChI is InChI=1S/C25H18FN3O/c26-19-4-1-3-17(11-19)14-29-15-21-20(18-9-7-16(13-27)8-10-18)12-24(30)28-22-5-2-6-23(29)25(21)22/h1-11,15,20H,12,14H2,(H,28,30). The van der Waals surface area contributed by atoms with Gasteiger partial charge in [-0.3, -0.25) is 4.79 Å². The van der Waals surface area contributed by atoms with Crippen LogP contribution in [0, 0.1) is 17.1 Å². The Balaban J connectivity index is 1.67. The molecule has 0 aliphatic carbocycles. The number of nitrogens with one attached hydrogen (secondary N) is 1. The Morgan fingerprint density at radius 3 is 2.67 bits per heavy atom. The molecular formula is C25H18FN3O. The van der Waals surface area contributed by atoms with Crippen molar-refractivity contribution in [2.75, 3.05) is 5.32 Å². The van der Waals surface area contributed by atoms with Crippen LogP contribution in [0.2, 0.25) is 0 Å². The molecule has 1 N–H and O–H groups in total. The predicted octanol–water partition coefficient (Wildman–Crippen LogP) is 5.17. The van der Waals surface area contributed by atoms with Crippen LogP contribution < -0.4 is 5.32 Å². The molecule has 3 aromatic carbocycles. The van der Waals surface area contributed by atoms with Gasteiger partial charge in [-0.05, 0) is 53.1 Å². The molecular weight excluding hydrogens is 377 g/mol. The van der Waals surface area contributed by atoms with Crippen LogP contribution in [0.5, 0.6) is 0 Å². The van der Waals surface area contributed by atoms with E-state index in [1.54, 1.807) is 24.3 Å². The zero-order valence-corrected chi connectivity index (χ0v) is 16.1. The van der Waals surface area contributed by atoms with Gasteiger partial charge < -0.3 is 9.88 Å². The third-order valence-electron chi connectivity index (χ3n) is 5.66. The SMILES string of the molecule is N#Cc1ccc(C2CC(=O)Nc3cccc4c3c2cn4Cc2cccc(F)c2)cc1. The van der Waals surface area contributed by atoms with Gasteiger partial charge in [0.05, 0.1) is 22.8 Å². The number of anilines is 1. The van der Waals surface area contributed by atoms with Crippen LogP contribution in [0.25, 0.3) is 10.9 Å². The molecule has 1 aliphatic rings. The Hall–Kier alpha value is -3.91. The van der Waals surface area contributed by atoms with Gasteiger partial charge >= 0.3 is 0 Å². The molecule has 1 amide bonds. The first kappa shape index (κ1) is 18.1. The smallest absolute Gasteiger partial charge is 0.225 e. The van der Waals surface area contributed by atoms with Crippen molar-refractivity contribution in [1.29, 1.82) is 5.26 Å². The van der Waals surface area contributed by atoms with Crippen molar-refractivity contribution in [3.63, 3.8) is 0 Å². The van der Waals surface area contributed by atoms with Crippen LogP contribution >= 0.6 is 0 Å². The van der Waals surface area contributed by atoms with Gasteiger partial charge in [0, 0.05) is 30.5 Å². The molecule has 0 radical (unpaired) electrons. The van der Waals surface area contributed by atoms with Crippen LogP contribution in [-0.2, 0) is 11.3 Å². The topological polar surface area (TPSA) is 57.8 Å². The number of nitrogens with zero attached hydrogens (tertiary/aromatic N) is 2. The number of amides is 1. The highest BCUT2D eigenvalue weighted by Gasteiger charge is 2.27. The van der Waals surface area contributed by atoms with E-state index in [0.717, 1.165) is 33.3 Å². The maximum Gasteiger partial charge on any atom is 0.225 e. The summed E-state index contributed by atoms with van der Waals surface area (Å²) in [7, 11) is 0. The maximum absolute atomic E-state index is 13.7. The second-order valence-electron chi connectivity index (χ2n) is 7.58. The molecule has 4 nitrogen and oxygen atoms in total. The lowest BCUT2D eigenvalue weighted by Crippen LogP contribution is -2.14. The van der Waals surface area contributed by atoms with Crippen LogP contribution in [0.4, 0.5) is 10.1 Å². The van der Waals surface area contributed by atoms with Gasteiger partial charge in [0.15, 0.2) is 0 Å². The highest BCUT2D eigenvalue weighted by molar-refractivity contribution is 6.06. The highest BCUT2D eigenvalue weighted by Crippen LogP contribution is 2.41. The number of hydrogen-bond acceptors (Lipinski definition) is 2. The van der Waals surface area contributed by atoms with Crippen LogP contribution in [0.1, 0.15) is 34.6 Å². The number of carbonyl (C=O) groups is 1. The van der Waals surface area contributed by atoms with Crippen molar-refractivity contribution in [2.45, 2.75) is 18.9 Å². The summed E-state index contributed by atoms with van der Waals surface area (Å²) >= 11 is 0. The van der Waals surface area contributed by atoms with Gasteiger partial charge in [-0.2, -0.15) is 5.26 Å². The fourth-order valence-electron chi connectivity index (χ4n) is 4.30. The van der Waals surface area contributed by atoms with E-state index in [4.69, 9.17) is 5.26 Å². The largest absolute Gasteiger partial charge is 0.343 e. The highest BCUT2D eigenvalue weighted by atomic mass is 19.1. The van der Waals surface area contributed by atoms with Crippen molar-refractivity contribution in [3.05, 3.63) is 101 Å². The third-order valence-corrected chi connectivity index (χ3v) is 5.66. The number of carbonyl (C=O) groups excluding carboxylic acids is 1. The minimum absolute atomic E-state index is 0.0373. The Kier molecular flexibility index (Phi) is 4.33. The van der Waals surface area contributed by atoms with Gasteiger partial charge in [0.25, 0.3) is 0 Å². The molecule has 0 spiro atoms. The minimum Gasteiger partial charge on any atom is -0.343 e. The van der Waals surface area contributed by atoms with E-state index in [9.17, 15) is 9.18 Å². The van der Waals surface area contributed by atoms with Crippen molar-refractivity contribution in [1.82, 2.24) is 4.57 Å². The second-order valence-corrected chi connectivity index (χ2v) is 7.58.